The van der Waals surface area contributed by atoms with Gasteiger partial charge in [0.25, 0.3) is 5.91 Å². The molecule has 1 aliphatic rings. The number of aromatic amines is 1. The van der Waals surface area contributed by atoms with Gasteiger partial charge in [-0.3, -0.25) is 9.78 Å². The highest BCUT2D eigenvalue weighted by Crippen LogP contribution is 2.32. The average molecular weight is 338 g/mol. The molecule has 4 rings (SSSR count). The molecule has 2 N–H and O–H groups in total. The van der Waals surface area contributed by atoms with Crippen LogP contribution in [0.25, 0.3) is 22.3 Å². The van der Waals surface area contributed by atoms with E-state index >= 15 is 0 Å². The topological polar surface area (TPSA) is 89.1 Å². The number of nitrogens with one attached hydrogen (secondary N) is 2. The molecule has 0 spiro atoms. The van der Waals surface area contributed by atoms with Gasteiger partial charge in [0, 0.05) is 48.8 Å². The van der Waals surface area contributed by atoms with Crippen LogP contribution in [0.15, 0.2) is 30.5 Å². The van der Waals surface area contributed by atoms with E-state index in [9.17, 15) is 4.79 Å². The molecule has 3 aromatic heterocycles. The number of carbonyl (C=O) groups is 1. The summed E-state index contributed by atoms with van der Waals surface area (Å²) in [6.45, 7) is 1.10. The second kappa shape index (κ2) is 6.18. The van der Waals surface area contributed by atoms with Crippen molar-refractivity contribution in [3.05, 3.63) is 41.7 Å². The molecule has 3 aromatic rings. The molecule has 0 saturated heterocycles. The number of fused-ring (bicyclic) bond motifs is 2. The highest BCUT2D eigenvalue weighted by molar-refractivity contribution is 5.99. The molecule has 0 radical (unpaired) electrons. The van der Waals surface area contributed by atoms with Crippen molar-refractivity contribution in [3.8, 4) is 17.1 Å². The summed E-state index contributed by atoms with van der Waals surface area (Å²) in [5.41, 5.74) is 4.75. The van der Waals surface area contributed by atoms with E-state index in [4.69, 9.17) is 9.47 Å². The Morgan fingerprint density at radius 3 is 2.92 bits per heavy atom. The average Bonchev–Trinajstić information content (AvgIpc) is 3.09. The van der Waals surface area contributed by atoms with Crippen LogP contribution >= 0.6 is 0 Å². The number of carbonyl (C=O) groups excluding carboxylic acids is 1. The number of nitrogens with zero attached hydrogens (tertiary/aromatic N) is 2. The smallest absolute Gasteiger partial charge is 0.253 e. The zero-order valence-corrected chi connectivity index (χ0v) is 14.0. The standard InChI is InChI=1S/C18H18N4O3/c1-24-9-10-8-20-18(23)12-7-14(21-16(10)12)11-5-6-19-13-3-4-15(25-2)22-17(11)13/h3-7,10,21H,8-9H2,1-2H3,(H,20,23). The Labute approximate surface area is 144 Å². The molecular formula is C18H18N4O3. The van der Waals surface area contributed by atoms with Crippen molar-refractivity contribution in [2.75, 3.05) is 27.4 Å². The number of methoxy groups -OCH3 is 2. The first-order chi connectivity index (χ1) is 12.2. The van der Waals surface area contributed by atoms with Gasteiger partial charge in [0.15, 0.2) is 0 Å². The number of aromatic nitrogens is 3. The van der Waals surface area contributed by atoms with Gasteiger partial charge in [-0.15, -0.1) is 0 Å². The predicted molar refractivity (Wildman–Crippen MR) is 92.8 cm³/mol. The number of ether oxygens (including phenoxy) is 2. The molecular weight excluding hydrogens is 320 g/mol. The van der Waals surface area contributed by atoms with Gasteiger partial charge in [0.05, 0.1) is 24.8 Å². The van der Waals surface area contributed by atoms with Crippen molar-refractivity contribution in [2.45, 2.75) is 5.92 Å². The minimum Gasteiger partial charge on any atom is -0.481 e. The fourth-order valence-corrected chi connectivity index (χ4v) is 3.22. The van der Waals surface area contributed by atoms with Crippen LogP contribution in [0.3, 0.4) is 0 Å². The molecule has 0 saturated carbocycles. The maximum atomic E-state index is 12.2. The van der Waals surface area contributed by atoms with E-state index in [1.54, 1.807) is 26.5 Å². The summed E-state index contributed by atoms with van der Waals surface area (Å²) in [6.07, 6.45) is 1.73. The third kappa shape index (κ3) is 2.62. The summed E-state index contributed by atoms with van der Waals surface area (Å²) in [7, 11) is 3.24. The fourth-order valence-electron chi connectivity index (χ4n) is 3.22. The first-order valence-corrected chi connectivity index (χ1v) is 8.01. The first kappa shape index (κ1) is 15.6. The van der Waals surface area contributed by atoms with Crippen LogP contribution in [0.2, 0.25) is 0 Å². The molecule has 1 aliphatic heterocycles. The van der Waals surface area contributed by atoms with Crippen LogP contribution in [0.5, 0.6) is 5.88 Å². The van der Waals surface area contributed by atoms with Gasteiger partial charge >= 0.3 is 0 Å². The van der Waals surface area contributed by atoms with Crippen LogP contribution in [0.1, 0.15) is 22.0 Å². The maximum absolute atomic E-state index is 12.2. The lowest BCUT2D eigenvalue weighted by atomic mass is 9.98. The largest absolute Gasteiger partial charge is 0.481 e. The van der Waals surface area contributed by atoms with Gasteiger partial charge < -0.3 is 19.8 Å². The lowest BCUT2D eigenvalue weighted by Crippen LogP contribution is -2.36. The van der Waals surface area contributed by atoms with E-state index in [0.29, 0.717) is 24.6 Å². The highest BCUT2D eigenvalue weighted by Gasteiger charge is 2.28. The number of amides is 1. The number of hydrogen-bond acceptors (Lipinski definition) is 5. The van der Waals surface area contributed by atoms with Gasteiger partial charge in [-0.1, -0.05) is 0 Å². The molecule has 25 heavy (non-hydrogen) atoms. The lowest BCUT2D eigenvalue weighted by Gasteiger charge is -2.22. The number of H-pyrrole nitrogens is 1. The highest BCUT2D eigenvalue weighted by atomic mass is 16.5. The van der Waals surface area contributed by atoms with Gasteiger partial charge in [-0.2, -0.15) is 0 Å². The second-order valence-corrected chi connectivity index (χ2v) is 5.95. The van der Waals surface area contributed by atoms with E-state index < -0.39 is 0 Å². The van der Waals surface area contributed by atoms with Crippen molar-refractivity contribution >= 4 is 16.9 Å². The SMILES string of the molecule is COCC1CNC(=O)c2cc(-c3ccnc4ccc(OC)nc34)[nH]c21. The van der Waals surface area contributed by atoms with Crippen LogP contribution in [0.4, 0.5) is 0 Å². The number of rotatable bonds is 4. The first-order valence-electron chi connectivity index (χ1n) is 8.01. The van der Waals surface area contributed by atoms with Crippen LogP contribution in [-0.2, 0) is 4.74 Å². The molecule has 7 heteroatoms. The van der Waals surface area contributed by atoms with Crippen molar-refractivity contribution in [3.63, 3.8) is 0 Å². The zero-order valence-electron chi connectivity index (χ0n) is 14.0. The normalized spacial score (nSPS) is 16.6. The van der Waals surface area contributed by atoms with Gasteiger partial charge in [-0.25, -0.2) is 4.98 Å². The molecule has 7 nitrogen and oxygen atoms in total. The Bertz CT molecular complexity index is 951. The Hall–Kier alpha value is -2.93. The van der Waals surface area contributed by atoms with E-state index in [2.05, 4.69) is 20.3 Å². The third-order valence-electron chi connectivity index (χ3n) is 4.44. The van der Waals surface area contributed by atoms with E-state index in [1.165, 1.54) is 0 Å². The summed E-state index contributed by atoms with van der Waals surface area (Å²) in [5, 5.41) is 2.91. The van der Waals surface area contributed by atoms with Crippen LogP contribution < -0.4 is 10.1 Å². The van der Waals surface area contributed by atoms with E-state index in [0.717, 1.165) is 28.0 Å². The van der Waals surface area contributed by atoms with Crippen molar-refractivity contribution in [1.82, 2.24) is 20.3 Å². The van der Waals surface area contributed by atoms with E-state index in [1.807, 2.05) is 18.2 Å². The zero-order chi connectivity index (χ0) is 17.4. The summed E-state index contributed by atoms with van der Waals surface area (Å²) in [4.78, 5) is 24.5. The van der Waals surface area contributed by atoms with E-state index in [-0.39, 0.29) is 11.8 Å². The molecule has 0 fully saturated rings. The fraction of sp³-hybridized carbons (Fsp3) is 0.278. The van der Waals surface area contributed by atoms with Crippen molar-refractivity contribution in [1.29, 1.82) is 0 Å². The predicted octanol–water partition coefficient (Wildman–Crippen LogP) is 2.11. The Morgan fingerprint density at radius 1 is 1.24 bits per heavy atom. The summed E-state index contributed by atoms with van der Waals surface area (Å²) >= 11 is 0. The second-order valence-electron chi connectivity index (χ2n) is 5.95. The van der Waals surface area contributed by atoms with Crippen LogP contribution in [-0.4, -0.2) is 48.2 Å². The molecule has 0 bridgehead atoms. The lowest BCUT2D eigenvalue weighted by molar-refractivity contribution is 0.0924. The molecule has 128 valence electrons. The van der Waals surface area contributed by atoms with Gasteiger partial charge in [0.1, 0.15) is 5.52 Å². The summed E-state index contributed by atoms with van der Waals surface area (Å²) in [5.74, 6) is 0.545. The molecule has 4 heterocycles. The number of hydrogen-bond donors (Lipinski definition) is 2. The molecule has 1 atom stereocenters. The minimum absolute atomic E-state index is 0.0752. The minimum atomic E-state index is -0.0752. The van der Waals surface area contributed by atoms with Crippen molar-refractivity contribution < 1.29 is 14.3 Å². The van der Waals surface area contributed by atoms with Gasteiger partial charge in [0.2, 0.25) is 5.88 Å². The Morgan fingerprint density at radius 2 is 2.12 bits per heavy atom. The third-order valence-corrected chi connectivity index (χ3v) is 4.44. The Kier molecular flexibility index (Phi) is 3.85. The molecule has 0 aromatic carbocycles. The van der Waals surface area contributed by atoms with Gasteiger partial charge in [-0.05, 0) is 18.2 Å². The summed E-state index contributed by atoms with van der Waals surface area (Å²) in [6, 6.07) is 7.40. The molecule has 0 aliphatic carbocycles. The maximum Gasteiger partial charge on any atom is 0.253 e. The van der Waals surface area contributed by atoms with Crippen molar-refractivity contribution in [2.24, 2.45) is 0 Å². The monoisotopic (exact) mass is 338 g/mol. The summed E-state index contributed by atoms with van der Waals surface area (Å²) < 4.78 is 10.5. The number of pyridine rings is 2. The quantitative estimate of drug-likeness (QED) is 0.760. The Balaban J connectivity index is 1.87. The molecule has 1 unspecified atom stereocenters. The molecule has 1 amide bonds. The van der Waals surface area contributed by atoms with Crippen LogP contribution in [0, 0.1) is 0 Å².